The van der Waals surface area contributed by atoms with Crippen LogP contribution >= 0.6 is 11.6 Å². The van der Waals surface area contributed by atoms with Gasteiger partial charge in [0.15, 0.2) is 11.5 Å². The van der Waals surface area contributed by atoms with Crippen molar-refractivity contribution in [3.05, 3.63) is 47.6 Å². The molecule has 1 aliphatic heterocycles. The molecular formula is C30H40ClN5O4. The Bertz CT molecular complexity index is 1310. The molecule has 0 radical (unpaired) electrons. The number of piperazine rings is 1. The van der Waals surface area contributed by atoms with Crippen molar-refractivity contribution in [2.24, 2.45) is 5.41 Å². The van der Waals surface area contributed by atoms with Gasteiger partial charge in [0.1, 0.15) is 18.1 Å². The van der Waals surface area contributed by atoms with E-state index in [2.05, 4.69) is 53.2 Å². The number of hydrogen-bond donors (Lipinski definition) is 2. The van der Waals surface area contributed by atoms with Crippen LogP contribution in [0.4, 0.5) is 10.5 Å². The van der Waals surface area contributed by atoms with Crippen molar-refractivity contribution in [1.29, 1.82) is 0 Å². The highest BCUT2D eigenvalue weighted by Crippen LogP contribution is 2.38. The van der Waals surface area contributed by atoms with Gasteiger partial charge in [0.25, 0.3) is 0 Å². The number of carbonyl (C=O) groups is 1. The maximum atomic E-state index is 12.3. The Kier molecular flexibility index (Phi) is 9.95. The lowest BCUT2D eigenvalue weighted by atomic mass is 9.92. The minimum Gasteiger partial charge on any atom is -0.493 e. The minimum absolute atomic E-state index is 0.143. The largest absolute Gasteiger partial charge is 0.493 e. The molecule has 0 unspecified atom stereocenters. The zero-order valence-electron chi connectivity index (χ0n) is 24.1. The summed E-state index contributed by atoms with van der Waals surface area (Å²) >= 11 is 6.47. The molecule has 0 bridgehead atoms. The van der Waals surface area contributed by atoms with Crippen LogP contribution in [0.2, 0.25) is 5.02 Å². The average molecular weight is 570 g/mol. The molecule has 0 saturated carbocycles. The molecule has 40 heavy (non-hydrogen) atoms. The lowest BCUT2D eigenvalue weighted by molar-refractivity contribution is 0.133. The quantitative estimate of drug-likeness (QED) is 0.315. The molecule has 0 aliphatic carbocycles. The van der Waals surface area contributed by atoms with Gasteiger partial charge in [-0.3, -0.25) is 9.88 Å². The summed E-state index contributed by atoms with van der Waals surface area (Å²) < 4.78 is 17.9. The minimum atomic E-state index is -0.298. The van der Waals surface area contributed by atoms with E-state index in [1.807, 2.05) is 12.1 Å². The third-order valence-corrected chi connectivity index (χ3v) is 7.14. The van der Waals surface area contributed by atoms with E-state index in [0.717, 1.165) is 50.0 Å². The fraction of sp³-hybridized carbons (Fsp3) is 0.467. The zero-order valence-corrected chi connectivity index (χ0v) is 24.8. The van der Waals surface area contributed by atoms with Gasteiger partial charge in [-0.2, -0.15) is 0 Å². The summed E-state index contributed by atoms with van der Waals surface area (Å²) in [5.41, 5.74) is 1.37. The van der Waals surface area contributed by atoms with Gasteiger partial charge >= 0.3 is 6.03 Å². The first-order valence-corrected chi connectivity index (χ1v) is 14.0. The van der Waals surface area contributed by atoms with Crippen molar-refractivity contribution in [2.45, 2.75) is 27.2 Å². The van der Waals surface area contributed by atoms with E-state index < -0.39 is 0 Å². The number of benzene rings is 2. The zero-order chi connectivity index (χ0) is 28.7. The third kappa shape index (κ3) is 8.36. The average Bonchev–Trinajstić information content (AvgIpc) is 2.90. The maximum absolute atomic E-state index is 12.3. The number of hydrogen-bond acceptors (Lipinski definition) is 7. The number of likely N-dealkylation sites (N-methyl/N-ethyl adjacent to an activating group) is 1. The van der Waals surface area contributed by atoms with Crippen LogP contribution in [0.15, 0.2) is 42.6 Å². The van der Waals surface area contributed by atoms with Crippen molar-refractivity contribution in [1.82, 2.24) is 20.1 Å². The van der Waals surface area contributed by atoms with Crippen LogP contribution in [-0.4, -0.2) is 80.8 Å². The molecule has 0 spiro atoms. The number of carbonyl (C=O) groups excluding carboxylic acids is 1. The topological polar surface area (TPSA) is 88.2 Å². The molecule has 1 aromatic heterocycles. The number of nitrogens with zero attached hydrogens (tertiary/aromatic N) is 3. The fourth-order valence-electron chi connectivity index (χ4n) is 4.35. The van der Waals surface area contributed by atoms with Gasteiger partial charge in [-0.1, -0.05) is 32.4 Å². The lowest BCUT2D eigenvalue weighted by Gasteiger charge is -2.32. The van der Waals surface area contributed by atoms with Gasteiger partial charge in [-0.15, -0.1) is 0 Å². The second-order valence-electron chi connectivity index (χ2n) is 11.3. The number of aromatic nitrogens is 1. The Labute approximate surface area is 241 Å². The molecule has 2 aromatic carbocycles. The monoisotopic (exact) mass is 569 g/mol. The highest BCUT2D eigenvalue weighted by molar-refractivity contribution is 6.33. The molecule has 0 atom stereocenters. The van der Waals surface area contributed by atoms with E-state index in [1.54, 1.807) is 37.6 Å². The summed E-state index contributed by atoms with van der Waals surface area (Å²) in [5.74, 6) is 2.39. The summed E-state index contributed by atoms with van der Waals surface area (Å²) in [6.07, 6.45) is 2.56. The van der Waals surface area contributed by atoms with Crippen molar-refractivity contribution in [2.75, 3.05) is 65.3 Å². The lowest BCUT2D eigenvalue weighted by Crippen LogP contribution is -2.45. The Morgan fingerprint density at radius 1 is 1.05 bits per heavy atom. The highest BCUT2D eigenvalue weighted by atomic mass is 35.5. The van der Waals surface area contributed by atoms with E-state index in [4.69, 9.17) is 25.8 Å². The number of rotatable bonds is 10. The SMILES string of the molecule is COc1cc2c(Oc3ccc(NC(=O)NCCC(C)(C)C)c(Cl)c3)ccnc2cc1OCCN1CCN(C)CC1. The van der Waals surface area contributed by atoms with E-state index >= 15 is 0 Å². The summed E-state index contributed by atoms with van der Waals surface area (Å²) in [7, 11) is 3.77. The number of amides is 2. The molecular weight excluding hydrogens is 530 g/mol. The van der Waals surface area contributed by atoms with Crippen molar-refractivity contribution < 1.29 is 19.0 Å². The number of pyridine rings is 1. The number of anilines is 1. The Balaban J connectivity index is 1.41. The third-order valence-electron chi connectivity index (χ3n) is 6.83. The smallest absolute Gasteiger partial charge is 0.319 e. The number of ether oxygens (including phenoxy) is 3. The molecule has 2 heterocycles. The summed E-state index contributed by atoms with van der Waals surface area (Å²) in [6, 6.07) is 10.4. The highest BCUT2D eigenvalue weighted by Gasteiger charge is 2.16. The van der Waals surface area contributed by atoms with Crippen LogP contribution in [0.5, 0.6) is 23.0 Å². The normalized spacial score (nSPS) is 14.7. The molecule has 216 valence electrons. The summed E-state index contributed by atoms with van der Waals surface area (Å²) in [5, 5.41) is 6.81. The van der Waals surface area contributed by atoms with Gasteiger partial charge in [-0.25, -0.2) is 4.79 Å². The summed E-state index contributed by atoms with van der Waals surface area (Å²) in [6.45, 7) is 12.6. The first-order chi connectivity index (χ1) is 19.1. The molecule has 2 amide bonds. The number of nitrogens with one attached hydrogen (secondary N) is 2. The molecule has 1 fully saturated rings. The van der Waals surface area contributed by atoms with Crippen LogP contribution in [-0.2, 0) is 0 Å². The van der Waals surface area contributed by atoms with Crippen LogP contribution in [0.25, 0.3) is 10.9 Å². The molecule has 2 N–H and O–H groups in total. The van der Waals surface area contributed by atoms with Crippen molar-refractivity contribution >= 4 is 34.2 Å². The number of methoxy groups -OCH3 is 1. The van der Waals surface area contributed by atoms with Crippen LogP contribution < -0.4 is 24.8 Å². The second kappa shape index (κ2) is 13.4. The van der Waals surface area contributed by atoms with Crippen LogP contribution in [0, 0.1) is 5.41 Å². The summed E-state index contributed by atoms with van der Waals surface area (Å²) in [4.78, 5) is 21.5. The van der Waals surface area contributed by atoms with Crippen LogP contribution in [0.1, 0.15) is 27.2 Å². The van der Waals surface area contributed by atoms with E-state index in [0.29, 0.717) is 46.9 Å². The van der Waals surface area contributed by atoms with E-state index in [9.17, 15) is 4.79 Å². The molecule has 1 saturated heterocycles. The van der Waals surface area contributed by atoms with Crippen molar-refractivity contribution in [3.8, 4) is 23.0 Å². The number of fused-ring (bicyclic) bond motifs is 1. The molecule has 9 nitrogen and oxygen atoms in total. The van der Waals surface area contributed by atoms with Crippen LogP contribution in [0.3, 0.4) is 0 Å². The Morgan fingerprint density at radius 3 is 2.52 bits per heavy atom. The van der Waals surface area contributed by atoms with E-state index in [-0.39, 0.29) is 11.4 Å². The Hall–Kier alpha value is -3.27. The van der Waals surface area contributed by atoms with Gasteiger partial charge in [0.05, 0.1) is 23.3 Å². The van der Waals surface area contributed by atoms with Gasteiger partial charge in [0, 0.05) is 63.0 Å². The Morgan fingerprint density at radius 2 is 1.82 bits per heavy atom. The van der Waals surface area contributed by atoms with E-state index in [1.165, 1.54) is 0 Å². The first-order valence-electron chi connectivity index (χ1n) is 13.6. The molecule has 4 rings (SSSR count). The predicted octanol–water partition coefficient (Wildman–Crippen LogP) is 5.87. The molecule has 3 aromatic rings. The first kappa shape index (κ1) is 29.7. The van der Waals surface area contributed by atoms with Gasteiger partial charge in [0.2, 0.25) is 0 Å². The fourth-order valence-corrected chi connectivity index (χ4v) is 4.57. The van der Waals surface area contributed by atoms with Gasteiger partial charge < -0.3 is 29.7 Å². The molecule has 10 heteroatoms. The number of halogens is 1. The maximum Gasteiger partial charge on any atom is 0.319 e. The number of urea groups is 1. The standard InChI is InChI=1S/C30H40ClN5O4/c1-30(2,3)9-11-33-29(37)34-24-7-6-21(18-23(24)31)40-26-8-10-32-25-20-28(27(38-5)19-22(25)26)39-17-16-36-14-12-35(4)13-15-36/h6-8,10,18-20H,9,11-17H2,1-5H3,(H2,33,34,37). The molecule has 1 aliphatic rings. The van der Waals surface area contributed by atoms with Gasteiger partial charge in [-0.05, 0) is 43.1 Å². The predicted molar refractivity (Wildman–Crippen MR) is 160 cm³/mol. The second-order valence-corrected chi connectivity index (χ2v) is 11.7. The van der Waals surface area contributed by atoms with Crippen molar-refractivity contribution in [3.63, 3.8) is 0 Å².